The molecule has 1 N–H and O–H groups in total. The molecule has 7 heteroatoms. The molecular weight excluding hydrogens is 346 g/mol. The highest BCUT2D eigenvalue weighted by Crippen LogP contribution is 2.22. The lowest BCUT2D eigenvalue weighted by Gasteiger charge is -2.37. The standard InChI is InChI=1S/C19H31N5OS/c1-3-20-19(21-15-17-6-8-22(9-7-17)16(2)25)24-12-10-23(11-13-24)18-5-4-14-26-18/h4-5,14,17H,3,6-13,15H2,1-2H3,(H,20,21). The normalized spacial score (nSPS) is 19.8. The lowest BCUT2D eigenvalue weighted by atomic mass is 9.97. The first kappa shape index (κ1) is 19.0. The molecule has 1 aromatic heterocycles. The molecule has 3 heterocycles. The fraction of sp³-hybridized carbons (Fsp3) is 0.684. The third-order valence-corrected chi connectivity index (χ3v) is 6.22. The molecule has 2 aliphatic rings. The van der Waals surface area contributed by atoms with Crippen LogP contribution < -0.4 is 10.2 Å². The van der Waals surface area contributed by atoms with Gasteiger partial charge in [-0.1, -0.05) is 0 Å². The number of nitrogens with zero attached hydrogens (tertiary/aromatic N) is 4. The van der Waals surface area contributed by atoms with Crippen molar-refractivity contribution in [3.8, 4) is 0 Å². The van der Waals surface area contributed by atoms with Crippen molar-refractivity contribution >= 4 is 28.2 Å². The van der Waals surface area contributed by atoms with Crippen molar-refractivity contribution in [1.82, 2.24) is 15.1 Å². The predicted octanol–water partition coefficient (Wildman–Crippen LogP) is 2.09. The second-order valence-corrected chi connectivity index (χ2v) is 8.00. The number of guanidine groups is 1. The number of amides is 1. The van der Waals surface area contributed by atoms with Gasteiger partial charge in [0, 0.05) is 59.3 Å². The van der Waals surface area contributed by atoms with E-state index in [1.54, 1.807) is 6.92 Å². The highest BCUT2D eigenvalue weighted by Gasteiger charge is 2.23. The van der Waals surface area contributed by atoms with Crippen LogP contribution in [0.25, 0.3) is 0 Å². The van der Waals surface area contributed by atoms with Crippen molar-refractivity contribution in [2.75, 3.05) is 57.3 Å². The van der Waals surface area contributed by atoms with Gasteiger partial charge >= 0.3 is 0 Å². The minimum absolute atomic E-state index is 0.198. The van der Waals surface area contributed by atoms with E-state index in [4.69, 9.17) is 4.99 Å². The topological polar surface area (TPSA) is 51.2 Å². The van der Waals surface area contributed by atoms with Crippen LogP contribution in [0.2, 0.25) is 0 Å². The molecule has 0 unspecified atom stereocenters. The van der Waals surface area contributed by atoms with Gasteiger partial charge in [0.2, 0.25) is 5.91 Å². The van der Waals surface area contributed by atoms with Crippen LogP contribution >= 0.6 is 11.3 Å². The second kappa shape index (κ2) is 9.26. The van der Waals surface area contributed by atoms with Gasteiger partial charge in [-0.25, -0.2) is 0 Å². The Balaban J connectivity index is 1.51. The zero-order valence-corrected chi connectivity index (χ0v) is 16.8. The SMILES string of the molecule is CCNC(=NCC1CCN(C(C)=O)CC1)N1CCN(c2cccs2)CC1. The van der Waals surface area contributed by atoms with Crippen molar-refractivity contribution in [2.45, 2.75) is 26.7 Å². The smallest absolute Gasteiger partial charge is 0.219 e. The largest absolute Gasteiger partial charge is 0.360 e. The number of aliphatic imine (C=N–C) groups is 1. The molecule has 2 saturated heterocycles. The van der Waals surface area contributed by atoms with Gasteiger partial charge in [-0.15, -0.1) is 11.3 Å². The van der Waals surface area contributed by atoms with Crippen LogP contribution in [0.15, 0.2) is 22.5 Å². The zero-order valence-electron chi connectivity index (χ0n) is 16.0. The first-order chi connectivity index (χ1) is 12.7. The van der Waals surface area contributed by atoms with Crippen LogP contribution in [-0.4, -0.2) is 74.0 Å². The first-order valence-electron chi connectivity index (χ1n) is 9.74. The molecule has 0 radical (unpaired) electrons. The maximum atomic E-state index is 11.5. The molecule has 0 aromatic carbocycles. The number of carbonyl (C=O) groups is 1. The molecular formula is C19H31N5OS. The van der Waals surface area contributed by atoms with Crippen LogP contribution in [0, 0.1) is 5.92 Å². The summed E-state index contributed by atoms with van der Waals surface area (Å²) >= 11 is 1.81. The number of likely N-dealkylation sites (tertiary alicyclic amines) is 1. The molecule has 26 heavy (non-hydrogen) atoms. The van der Waals surface area contributed by atoms with Gasteiger partial charge in [0.15, 0.2) is 5.96 Å². The van der Waals surface area contributed by atoms with E-state index < -0.39 is 0 Å². The van der Waals surface area contributed by atoms with Crippen molar-refractivity contribution in [3.05, 3.63) is 17.5 Å². The summed E-state index contributed by atoms with van der Waals surface area (Å²) in [4.78, 5) is 23.2. The number of carbonyl (C=O) groups excluding carboxylic acids is 1. The average Bonchev–Trinajstić information content (AvgIpc) is 3.20. The number of rotatable bonds is 4. The van der Waals surface area contributed by atoms with E-state index in [9.17, 15) is 4.79 Å². The molecule has 3 rings (SSSR count). The highest BCUT2D eigenvalue weighted by molar-refractivity contribution is 7.14. The van der Waals surface area contributed by atoms with Crippen LogP contribution in [0.5, 0.6) is 0 Å². The van der Waals surface area contributed by atoms with Crippen molar-refractivity contribution < 1.29 is 4.79 Å². The van der Waals surface area contributed by atoms with Gasteiger partial charge in [-0.3, -0.25) is 9.79 Å². The van der Waals surface area contributed by atoms with Crippen LogP contribution in [0.1, 0.15) is 26.7 Å². The van der Waals surface area contributed by atoms with Gasteiger partial charge in [-0.2, -0.15) is 0 Å². The van der Waals surface area contributed by atoms with E-state index in [1.165, 1.54) is 5.00 Å². The number of piperidine rings is 1. The van der Waals surface area contributed by atoms with E-state index in [2.05, 4.69) is 39.6 Å². The van der Waals surface area contributed by atoms with Crippen LogP contribution in [-0.2, 0) is 4.79 Å². The highest BCUT2D eigenvalue weighted by atomic mass is 32.1. The Kier molecular flexibility index (Phi) is 6.77. The van der Waals surface area contributed by atoms with Gasteiger partial charge < -0.3 is 20.0 Å². The van der Waals surface area contributed by atoms with E-state index in [-0.39, 0.29) is 5.91 Å². The van der Waals surface area contributed by atoms with Gasteiger partial charge in [0.05, 0.1) is 5.00 Å². The number of hydrogen-bond acceptors (Lipinski definition) is 4. The van der Waals surface area contributed by atoms with Crippen LogP contribution in [0.4, 0.5) is 5.00 Å². The summed E-state index contributed by atoms with van der Waals surface area (Å²) in [5.41, 5.74) is 0. The Bertz CT molecular complexity index is 587. The third kappa shape index (κ3) is 4.90. The van der Waals surface area contributed by atoms with Crippen LogP contribution in [0.3, 0.4) is 0 Å². The molecule has 0 saturated carbocycles. The monoisotopic (exact) mass is 377 g/mol. The molecule has 0 bridgehead atoms. The molecule has 6 nitrogen and oxygen atoms in total. The molecule has 0 aliphatic carbocycles. The number of thiophene rings is 1. The van der Waals surface area contributed by atoms with Crippen molar-refractivity contribution in [2.24, 2.45) is 10.9 Å². The number of piperazine rings is 1. The van der Waals surface area contributed by atoms with E-state index in [1.807, 2.05) is 16.2 Å². The molecule has 1 aromatic rings. The first-order valence-corrected chi connectivity index (χ1v) is 10.6. The lowest BCUT2D eigenvalue weighted by molar-refractivity contribution is -0.130. The number of hydrogen-bond donors (Lipinski definition) is 1. The predicted molar refractivity (Wildman–Crippen MR) is 109 cm³/mol. The minimum atomic E-state index is 0.198. The van der Waals surface area contributed by atoms with E-state index in [0.29, 0.717) is 5.92 Å². The molecule has 2 fully saturated rings. The summed E-state index contributed by atoms with van der Waals surface area (Å²) in [7, 11) is 0. The Morgan fingerprint density at radius 3 is 2.50 bits per heavy atom. The maximum absolute atomic E-state index is 11.5. The molecule has 0 atom stereocenters. The summed E-state index contributed by atoms with van der Waals surface area (Å²) in [6.07, 6.45) is 2.13. The zero-order chi connectivity index (χ0) is 18.4. The molecule has 0 spiro atoms. The fourth-order valence-electron chi connectivity index (χ4n) is 3.66. The fourth-order valence-corrected chi connectivity index (χ4v) is 4.45. The van der Waals surface area contributed by atoms with E-state index in [0.717, 1.165) is 71.2 Å². The minimum Gasteiger partial charge on any atom is -0.360 e. The number of anilines is 1. The maximum Gasteiger partial charge on any atom is 0.219 e. The second-order valence-electron chi connectivity index (χ2n) is 7.07. The summed E-state index contributed by atoms with van der Waals surface area (Å²) in [6, 6.07) is 4.32. The molecule has 1 amide bonds. The molecule has 144 valence electrons. The van der Waals surface area contributed by atoms with Crippen molar-refractivity contribution in [1.29, 1.82) is 0 Å². The summed E-state index contributed by atoms with van der Waals surface area (Å²) in [5, 5.41) is 6.97. The third-order valence-electron chi connectivity index (χ3n) is 5.29. The van der Waals surface area contributed by atoms with Gasteiger partial charge in [0.25, 0.3) is 0 Å². The summed E-state index contributed by atoms with van der Waals surface area (Å²) in [5.74, 6) is 1.84. The lowest BCUT2D eigenvalue weighted by Crippen LogP contribution is -2.52. The van der Waals surface area contributed by atoms with Gasteiger partial charge in [0.1, 0.15) is 0 Å². The van der Waals surface area contributed by atoms with Crippen molar-refractivity contribution in [3.63, 3.8) is 0 Å². The summed E-state index contributed by atoms with van der Waals surface area (Å²) in [6.45, 7) is 11.4. The Morgan fingerprint density at radius 1 is 1.19 bits per heavy atom. The van der Waals surface area contributed by atoms with E-state index >= 15 is 0 Å². The average molecular weight is 378 g/mol. The summed E-state index contributed by atoms with van der Waals surface area (Å²) < 4.78 is 0. The van der Waals surface area contributed by atoms with Gasteiger partial charge in [-0.05, 0) is 43.2 Å². The number of nitrogens with one attached hydrogen (secondary N) is 1. The Morgan fingerprint density at radius 2 is 1.92 bits per heavy atom. The Labute approximate surface area is 160 Å². The Hall–Kier alpha value is -1.76. The quantitative estimate of drug-likeness (QED) is 0.645. The molecule has 2 aliphatic heterocycles.